The molecule has 1 amide bonds. The fourth-order valence-electron chi connectivity index (χ4n) is 5.83. The van der Waals surface area contributed by atoms with Crippen LogP contribution in [0, 0.1) is 17.2 Å². The van der Waals surface area contributed by atoms with Crippen LogP contribution in [0.1, 0.15) is 5.69 Å². The molecule has 12 heteroatoms. The summed E-state index contributed by atoms with van der Waals surface area (Å²) in [5.74, 6) is -1.66. The van der Waals surface area contributed by atoms with Crippen molar-refractivity contribution >= 4 is 34.7 Å². The van der Waals surface area contributed by atoms with Gasteiger partial charge in [0.2, 0.25) is 0 Å². The van der Waals surface area contributed by atoms with Gasteiger partial charge in [-0.2, -0.15) is 5.26 Å². The van der Waals surface area contributed by atoms with Gasteiger partial charge >= 0.3 is 0 Å². The first kappa shape index (κ1) is 32.3. The van der Waals surface area contributed by atoms with E-state index in [-0.39, 0.29) is 12.1 Å². The van der Waals surface area contributed by atoms with Crippen LogP contribution in [0.4, 0.5) is 5.69 Å². The molecule has 0 spiro atoms. The molecule has 2 aromatic carbocycles. The molecular weight excluding hydrogens is 578 g/mol. The minimum Gasteiger partial charge on any atom is -0.394 e. The minimum absolute atomic E-state index is 0.169. The standard InChI is InChI=1S/C33H39N5O7/c1-37-26(16-24(17-34)33(43)36-18-27-29(19-39)45-30(20-40)32(42)31(27)41)6-7-28(37)23-3-2-22-15-25(5-4-21(22)14-23)35-8-9-38-10-12-44-13-11-38/h2-7,14-16,19,27,29-32,35,40-42H,8-13,18,20H2,1H3,(H,36,43)/b24-16+/t27?,29?,30-,31-,32-/m1/s1. The predicted molar refractivity (Wildman–Crippen MR) is 168 cm³/mol. The SMILES string of the molecule is Cn1c(/C=C(\C#N)C(=O)NCC2C(C=O)O[C@H](CO)[C@@H](O)[C@@H]2O)ccc1-c1ccc2cc(NCCN3CCOCC3)ccc2c1. The number of hydrogen-bond acceptors (Lipinski definition) is 10. The van der Waals surface area contributed by atoms with Crippen LogP contribution in [0.2, 0.25) is 0 Å². The molecule has 2 unspecified atom stereocenters. The van der Waals surface area contributed by atoms with E-state index in [1.165, 1.54) is 6.08 Å². The van der Waals surface area contributed by atoms with E-state index in [0.29, 0.717) is 12.0 Å². The van der Waals surface area contributed by atoms with Crippen molar-refractivity contribution < 1.29 is 34.4 Å². The van der Waals surface area contributed by atoms with Crippen LogP contribution in [-0.4, -0.2) is 114 Å². The number of hydrogen-bond donors (Lipinski definition) is 5. The summed E-state index contributed by atoms with van der Waals surface area (Å²) >= 11 is 0. The van der Waals surface area contributed by atoms with Gasteiger partial charge in [-0.3, -0.25) is 9.69 Å². The zero-order chi connectivity index (χ0) is 31.9. The van der Waals surface area contributed by atoms with Gasteiger partial charge in [0.15, 0.2) is 0 Å². The molecule has 0 aliphatic carbocycles. The van der Waals surface area contributed by atoms with Crippen LogP contribution in [0.25, 0.3) is 28.1 Å². The molecule has 2 saturated heterocycles. The number of fused-ring (bicyclic) bond motifs is 1. The summed E-state index contributed by atoms with van der Waals surface area (Å²) in [5, 5.41) is 47.9. The number of nitriles is 1. The average Bonchev–Trinajstić information content (AvgIpc) is 3.43. The molecule has 0 saturated carbocycles. The number of aliphatic hydroxyl groups excluding tert-OH is 3. The number of nitrogens with one attached hydrogen (secondary N) is 2. The maximum Gasteiger partial charge on any atom is 0.262 e. The normalized spacial score (nSPS) is 24.2. The molecule has 45 heavy (non-hydrogen) atoms. The lowest BCUT2D eigenvalue weighted by Crippen LogP contribution is -2.58. The minimum atomic E-state index is -1.43. The van der Waals surface area contributed by atoms with Gasteiger partial charge in [0, 0.05) is 62.8 Å². The molecule has 0 radical (unpaired) electrons. The summed E-state index contributed by atoms with van der Waals surface area (Å²) in [6, 6.07) is 18.2. The molecule has 238 valence electrons. The lowest BCUT2D eigenvalue weighted by molar-refractivity contribution is -0.202. The summed E-state index contributed by atoms with van der Waals surface area (Å²) in [7, 11) is 1.85. The van der Waals surface area contributed by atoms with Gasteiger partial charge in [-0.05, 0) is 52.7 Å². The van der Waals surface area contributed by atoms with E-state index in [9.17, 15) is 30.2 Å². The first-order chi connectivity index (χ1) is 21.8. The second kappa shape index (κ2) is 14.8. The predicted octanol–water partition coefficient (Wildman–Crippen LogP) is 0.909. The van der Waals surface area contributed by atoms with Gasteiger partial charge < -0.3 is 44.8 Å². The summed E-state index contributed by atoms with van der Waals surface area (Å²) in [5.41, 5.74) is 3.40. The molecule has 2 aliphatic heterocycles. The molecule has 0 bridgehead atoms. The Bertz CT molecular complexity index is 1580. The number of nitrogens with zero attached hydrogens (tertiary/aromatic N) is 3. The van der Waals surface area contributed by atoms with Crippen LogP contribution < -0.4 is 10.6 Å². The summed E-state index contributed by atoms with van der Waals surface area (Å²) in [6.45, 7) is 4.54. The van der Waals surface area contributed by atoms with Crippen molar-refractivity contribution in [2.75, 3.05) is 57.9 Å². The Morgan fingerprint density at radius 2 is 1.84 bits per heavy atom. The number of aromatic nitrogens is 1. The zero-order valence-corrected chi connectivity index (χ0v) is 25.1. The van der Waals surface area contributed by atoms with Crippen LogP contribution >= 0.6 is 0 Å². The zero-order valence-electron chi connectivity index (χ0n) is 25.1. The van der Waals surface area contributed by atoms with Crippen molar-refractivity contribution in [1.29, 1.82) is 5.26 Å². The van der Waals surface area contributed by atoms with Crippen LogP contribution in [0.5, 0.6) is 0 Å². The molecule has 12 nitrogen and oxygen atoms in total. The fraction of sp³-hybridized carbons (Fsp3) is 0.424. The molecule has 5 N–H and O–H groups in total. The van der Waals surface area contributed by atoms with Crippen molar-refractivity contribution in [3.8, 4) is 17.3 Å². The van der Waals surface area contributed by atoms with Crippen LogP contribution in [0.3, 0.4) is 0 Å². The Morgan fingerprint density at radius 3 is 2.58 bits per heavy atom. The summed E-state index contributed by atoms with van der Waals surface area (Å²) in [4.78, 5) is 26.8. The van der Waals surface area contributed by atoms with Crippen molar-refractivity contribution in [3.63, 3.8) is 0 Å². The quantitative estimate of drug-likeness (QED) is 0.118. The number of anilines is 1. The third-order valence-corrected chi connectivity index (χ3v) is 8.55. The lowest BCUT2D eigenvalue weighted by atomic mass is 9.87. The number of morpholine rings is 1. The number of benzene rings is 2. The maximum absolute atomic E-state index is 12.9. The van der Waals surface area contributed by atoms with E-state index < -0.39 is 42.8 Å². The van der Waals surface area contributed by atoms with Crippen LogP contribution in [0.15, 0.2) is 54.1 Å². The van der Waals surface area contributed by atoms with Crippen molar-refractivity contribution in [1.82, 2.24) is 14.8 Å². The number of amides is 1. The lowest BCUT2D eigenvalue weighted by Gasteiger charge is -2.40. The van der Waals surface area contributed by atoms with Crippen molar-refractivity contribution in [3.05, 3.63) is 59.8 Å². The van der Waals surface area contributed by atoms with Crippen LogP contribution in [-0.2, 0) is 26.1 Å². The molecular formula is C33H39N5O7. The molecule has 2 fully saturated rings. The van der Waals surface area contributed by atoms with Crippen molar-refractivity contribution in [2.24, 2.45) is 13.0 Å². The van der Waals surface area contributed by atoms with E-state index >= 15 is 0 Å². The highest BCUT2D eigenvalue weighted by Gasteiger charge is 2.44. The number of carbonyl (C=O) groups excluding carboxylic acids is 2. The monoisotopic (exact) mass is 617 g/mol. The van der Waals surface area contributed by atoms with E-state index in [0.717, 1.165) is 67.1 Å². The fourth-order valence-corrected chi connectivity index (χ4v) is 5.83. The highest BCUT2D eigenvalue weighted by molar-refractivity contribution is 6.01. The average molecular weight is 618 g/mol. The molecule has 5 atom stereocenters. The number of rotatable bonds is 11. The van der Waals surface area contributed by atoms with E-state index in [2.05, 4.69) is 45.9 Å². The smallest absolute Gasteiger partial charge is 0.262 e. The Labute approximate surface area is 261 Å². The summed E-state index contributed by atoms with van der Waals surface area (Å²) < 4.78 is 12.7. The molecule has 3 aromatic rings. The molecule has 2 aliphatic rings. The molecule has 3 heterocycles. The van der Waals surface area contributed by atoms with E-state index in [1.54, 1.807) is 0 Å². The molecule has 1 aromatic heterocycles. The first-order valence-corrected chi connectivity index (χ1v) is 15.0. The number of aldehydes is 1. The second-order valence-corrected chi connectivity index (χ2v) is 11.3. The Kier molecular flexibility index (Phi) is 10.6. The van der Waals surface area contributed by atoms with Gasteiger partial charge in [-0.25, -0.2) is 0 Å². The highest BCUT2D eigenvalue weighted by Crippen LogP contribution is 2.29. The third-order valence-electron chi connectivity index (χ3n) is 8.55. The Hall–Kier alpha value is -4.09. The number of ether oxygens (including phenoxy) is 2. The highest BCUT2D eigenvalue weighted by atomic mass is 16.5. The largest absolute Gasteiger partial charge is 0.394 e. The van der Waals surface area contributed by atoms with E-state index in [4.69, 9.17) is 9.47 Å². The topological polar surface area (TPSA) is 169 Å². The van der Waals surface area contributed by atoms with Gasteiger partial charge in [0.05, 0.1) is 25.9 Å². The van der Waals surface area contributed by atoms with E-state index in [1.807, 2.05) is 35.9 Å². The van der Waals surface area contributed by atoms with Gasteiger partial charge in [-0.1, -0.05) is 18.2 Å². The second-order valence-electron chi connectivity index (χ2n) is 11.3. The first-order valence-electron chi connectivity index (χ1n) is 15.0. The molecule has 5 rings (SSSR count). The number of aliphatic hydroxyl groups is 3. The Morgan fingerprint density at radius 1 is 1.09 bits per heavy atom. The van der Waals surface area contributed by atoms with Gasteiger partial charge in [0.25, 0.3) is 5.91 Å². The third kappa shape index (κ3) is 7.42. The number of carbonyl (C=O) groups is 2. The van der Waals surface area contributed by atoms with Crippen molar-refractivity contribution in [2.45, 2.75) is 24.4 Å². The maximum atomic E-state index is 12.9. The Balaban J connectivity index is 1.24. The van der Waals surface area contributed by atoms with Gasteiger partial charge in [-0.15, -0.1) is 0 Å². The van der Waals surface area contributed by atoms with Gasteiger partial charge in [0.1, 0.15) is 36.2 Å². The summed E-state index contributed by atoms with van der Waals surface area (Å²) in [6.07, 6.45) is -3.18.